The summed E-state index contributed by atoms with van der Waals surface area (Å²) in [6.07, 6.45) is 0. The minimum absolute atomic E-state index is 0.0729. The normalized spacial score (nSPS) is 11.7. The second-order valence-corrected chi connectivity index (χ2v) is 3.17. The predicted octanol–water partition coefficient (Wildman–Crippen LogP) is 1.57. The zero-order chi connectivity index (χ0) is 7.49. The van der Waals surface area contributed by atoms with E-state index < -0.39 is 0 Å². The zero-order valence-electron chi connectivity index (χ0n) is 6.89. The Hall–Kier alpha value is -0.0151. The third kappa shape index (κ3) is 2.87. The molecule has 0 N–H and O–H groups in total. The van der Waals surface area contributed by atoms with Crippen LogP contribution in [0.5, 0.6) is 0 Å². The van der Waals surface area contributed by atoms with E-state index in [0.717, 1.165) is 0 Å². The van der Waals surface area contributed by atoms with Gasteiger partial charge in [0.15, 0.2) is 0 Å². The first-order valence-electron chi connectivity index (χ1n) is 3.08. The molecule has 0 rings (SSSR count). The van der Waals surface area contributed by atoms with E-state index >= 15 is 0 Å². The van der Waals surface area contributed by atoms with Gasteiger partial charge in [0.25, 0.3) is 0 Å². The van der Waals surface area contributed by atoms with Gasteiger partial charge in [0.1, 0.15) is 0 Å². The SMILES string of the molecule is COB(OC)C(C)(C)C. The molecule has 0 amide bonds. The van der Waals surface area contributed by atoms with Crippen molar-refractivity contribution in [2.24, 2.45) is 0 Å². The van der Waals surface area contributed by atoms with Crippen LogP contribution in [0.3, 0.4) is 0 Å². The molecule has 0 spiro atoms. The van der Waals surface area contributed by atoms with E-state index in [2.05, 4.69) is 20.8 Å². The Balaban J connectivity index is 3.79. The van der Waals surface area contributed by atoms with Gasteiger partial charge in [0.2, 0.25) is 0 Å². The summed E-state index contributed by atoms with van der Waals surface area (Å²) >= 11 is 0. The largest absolute Gasteiger partial charge is 0.462 e. The van der Waals surface area contributed by atoms with Crippen LogP contribution in [0.1, 0.15) is 20.8 Å². The van der Waals surface area contributed by atoms with E-state index in [1.54, 1.807) is 14.2 Å². The zero-order valence-corrected chi connectivity index (χ0v) is 6.89. The van der Waals surface area contributed by atoms with E-state index in [-0.39, 0.29) is 12.4 Å². The van der Waals surface area contributed by atoms with Gasteiger partial charge in [-0.3, -0.25) is 0 Å². The number of hydrogen-bond acceptors (Lipinski definition) is 2. The third-order valence-electron chi connectivity index (χ3n) is 1.14. The van der Waals surface area contributed by atoms with Crippen LogP contribution in [0, 0.1) is 0 Å². The van der Waals surface area contributed by atoms with Crippen molar-refractivity contribution in [3.8, 4) is 0 Å². The summed E-state index contributed by atoms with van der Waals surface area (Å²) in [5, 5.41) is 0.0729. The summed E-state index contributed by atoms with van der Waals surface area (Å²) < 4.78 is 10.1. The Morgan fingerprint density at radius 2 is 1.33 bits per heavy atom. The molecule has 0 heterocycles. The molecule has 2 nitrogen and oxygen atoms in total. The molecule has 54 valence electrons. The van der Waals surface area contributed by atoms with Crippen LogP contribution < -0.4 is 0 Å². The van der Waals surface area contributed by atoms with Crippen molar-refractivity contribution in [1.29, 1.82) is 0 Å². The quantitative estimate of drug-likeness (QED) is 0.528. The highest BCUT2D eigenvalue weighted by Crippen LogP contribution is 2.26. The van der Waals surface area contributed by atoms with Crippen LogP contribution >= 0.6 is 0 Å². The summed E-state index contributed by atoms with van der Waals surface area (Å²) in [6.45, 7) is 6.22. The van der Waals surface area contributed by atoms with Crippen LogP contribution in [0.15, 0.2) is 0 Å². The lowest BCUT2D eigenvalue weighted by molar-refractivity contribution is 0.251. The van der Waals surface area contributed by atoms with Gasteiger partial charge in [-0.2, -0.15) is 0 Å². The van der Waals surface area contributed by atoms with Gasteiger partial charge in [0.05, 0.1) is 0 Å². The highest BCUT2D eigenvalue weighted by Gasteiger charge is 2.31. The molecular formula is C6H15BO2. The monoisotopic (exact) mass is 130 g/mol. The van der Waals surface area contributed by atoms with Crippen LogP contribution in [0.4, 0.5) is 0 Å². The molecule has 9 heavy (non-hydrogen) atoms. The summed E-state index contributed by atoms with van der Waals surface area (Å²) in [7, 11) is 3.20. The van der Waals surface area contributed by atoms with Crippen molar-refractivity contribution < 1.29 is 9.31 Å². The highest BCUT2D eigenvalue weighted by atomic mass is 16.6. The summed E-state index contributed by atoms with van der Waals surface area (Å²) in [4.78, 5) is 0. The minimum atomic E-state index is -0.0995. The second-order valence-electron chi connectivity index (χ2n) is 3.17. The lowest BCUT2D eigenvalue weighted by Crippen LogP contribution is -2.30. The topological polar surface area (TPSA) is 18.5 Å². The Morgan fingerprint density at radius 1 is 1.00 bits per heavy atom. The van der Waals surface area contributed by atoms with Gasteiger partial charge < -0.3 is 9.31 Å². The van der Waals surface area contributed by atoms with E-state index in [0.29, 0.717) is 0 Å². The predicted molar refractivity (Wildman–Crippen MR) is 39.5 cm³/mol. The van der Waals surface area contributed by atoms with Crippen LogP contribution in [-0.4, -0.2) is 21.3 Å². The Morgan fingerprint density at radius 3 is 1.33 bits per heavy atom. The average Bonchev–Trinajstić information content (AvgIpc) is 1.65. The molecule has 0 saturated heterocycles. The van der Waals surface area contributed by atoms with Crippen molar-refractivity contribution in [2.75, 3.05) is 14.2 Å². The Labute approximate surface area is 57.7 Å². The van der Waals surface area contributed by atoms with Crippen molar-refractivity contribution in [3.63, 3.8) is 0 Å². The molecule has 0 aromatic heterocycles. The van der Waals surface area contributed by atoms with Gasteiger partial charge in [-0.15, -0.1) is 0 Å². The molecule has 0 aliphatic carbocycles. The molecule has 0 fully saturated rings. The highest BCUT2D eigenvalue weighted by molar-refractivity contribution is 6.48. The van der Waals surface area contributed by atoms with Gasteiger partial charge in [-0.1, -0.05) is 20.8 Å². The van der Waals surface area contributed by atoms with Gasteiger partial charge in [0, 0.05) is 14.2 Å². The van der Waals surface area contributed by atoms with Gasteiger partial charge in [-0.05, 0) is 5.31 Å². The lowest BCUT2D eigenvalue weighted by Gasteiger charge is -2.22. The van der Waals surface area contributed by atoms with E-state index in [9.17, 15) is 0 Å². The van der Waals surface area contributed by atoms with Crippen molar-refractivity contribution in [2.45, 2.75) is 26.1 Å². The minimum Gasteiger partial charge on any atom is -0.414 e. The summed E-state index contributed by atoms with van der Waals surface area (Å²) in [6, 6.07) is 0. The molecule has 0 aromatic rings. The van der Waals surface area contributed by atoms with Crippen LogP contribution in [0.25, 0.3) is 0 Å². The van der Waals surface area contributed by atoms with Gasteiger partial charge in [-0.25, -0.2) is 0 Å². The van der Waals surface area contributed by atoms with E-state index in [1.807, 2.05) is 0 Å². The Kier molecular flexibility index (Phi) is 3.22. The third-order valence-corrected chi connectivity index (χ3v) is 1.14. The first-order valence-corrected chi connectivity index (χ1v) is 3.08. The molecule has 0 aliphatic heterocycles. The fourth-order valence-corrected chi connectivity index (χ4v) is 0.803. The maximum Gasteiger partial charge on any atom is 0.462 e. The molecule has 0 aliphatic rings. The molecule has 0 bridgehead atoms. The summed E-state index contributed by atoms with van der Waals surface area (Å²) in [5.74, 6) is 0. The van der Waals surface area contributed by atoms with E-state index in [4.69, 9.17) is 9.31 Å². The maximum absolute atomic E-state index is 5.04. The molecule has 0 unspecified atom stereocenters. The van der Waals surface area contributed by atoms with E-state index in [1.165, 1.54) is 0 Å². The van der Waals surface area contributed by atoms with Crippen LogP contribution in [-0.2, 0) is 9.31 Å². The molecule has 3 heteroatoms. The molecule has 0 saturated carbocycles. The van der Waals surface area contributed by atoms with Gasteiger partial charge >= 0.3 is 7.12 Å². The first-order chi connectivity index (χ1) is 4.02. The fraction of sp³-hybridized carbons (Fsp3) is 1.00. The standard InChI is InChI=1S/C6H15BO2/c1-6(2,3)7(8-4)9-5/h1-5H3. The lowest BCUT2D eigenvalue weighted by atomic mass is 9.61. The van der Waals surface area contributed by atoms with Crippen molar-refractivity contribution >= 4 is 7.12 Å². The molecular weight excluding hydrogens is 115 g/mol. The number of rotatable bonds is 2. The first kappa shape index (κ1) is 8.98. The second kappa shape index (κ2) is 3.23. The molecule has 0 aromatic carbocycles. The molecule has 0 atom stereocenters. The maximum atomic E-state index is 5.04. The number of hydrogen-bond donors (Lipinski definition) is 0. The Bertz CT molecular complexity index is 73.6. The average molecular weight is 130 g/mol. The fourth-order valence-electron chi connectivity index (χ4n) is 0.803. The summed E-state index contributed by atoms with van der Waals surface area (Å²) in [5.41, 5.74) is 0. The smallest absolute Gasteiger partial charge is 0.414 e. The van der Waals surface area contributed by atoms with Crippen molar-refractivity contribution in [1.82, 2.24) is 0 Å². The van der Waals surface area contributed by atoms with Crippen LogP contribution in [0.2, 0.25) is 5.31 Å². The molecule has 0 radical (unpaired) electrons. The van der Waals surface area contributed by atoms with Crippen molar-refractivity contribution in [3.05, 3.63) is 0 Å².